The van der Waals surface area contributed by atoms with Crippen molar-refractivity contribution in [2.24, 2.45) is 11.7 Å². The SMILES string of the molecule is NC(C(=O)O)C1CCCCC1=C=O. The molecule has 0 heterocycles. The first-order chi connectivity index (χ1) is 6.16. The maximum absolute atomic E-state index is 10.6. The lowest BCUT2D eigenvalue weighted by molar-refractivity contribution is -0.139. The van der Waals surface area contributed by atoms with E-state index < -0.39 is 12.0 Å². The van der Waals surface area contributed by atoms with Crippen LogP contribution in [0.5, 0.6) is 0 Å². The molecule has 1 rings (SSSR count). The normalized spacial score (nSPS) is 25.0. The Morgan fingerprint density at radius 3 is 2.85 bits per heavy atom. The van der Waals surface area contributed by atoms with Crippen LogP contribution in [0.1, 0.15) is 25.7 Å². The molecule has 0 spiro atoms. The monoisotopic (exact) mass is 183 g/mol. The number of carboxylic acid groups (broad SMARTS) is 1. The van der Waals surface area contributed by atoms with Gasteiger partial charge < -0.3 is 10.8 Å². The van der Waals surface area contributed by atoms with Gasteiger partial charge in [0, 0.05) is 11.5 Å². The number of hydrogen-bond donors (Lipinski definition) is 2. The van der Waals surface area contributed by atoms with Crippen LogP contribution in [-0.4, -0.2) is 23.1 Å². The fraction of sp³-hybridized carbons (Fsp3) is 0.667. The highest BCUT2D eigenvalue weighted by molar-refractivity contribution is 5.75. The van der Waals surface area contributed by atoms with Gasteiger partial charge in [0.05, 0.1) is 0 Å². The van der Waals surface area contributed by atoms with Gasteiger partial charge in [0.15, 0.2) is 0 Å². The molecule has 1 aliphatic rings. The Balaban J connectivity index is 2.76. The van der Waals surface area contributed by atoms with Crippen LogP contribution in [0.3, 0.4) is 0 Å². The summed E-state index contributed by atoms with van der Waals surface area (Å²) < 4.78 is 0. The average Bonchev–Trinajstić information content (AvgIpc) is 2.16. The molecule has 0 radical (unpaired) electrons. The van der Waals surface area contributed by atoms with Crippen LogP contribution in [0.4, 0.5) is 0 Å². The molecule has 4 heteroatoms. The molecule has 0 aromatic heterocycles. The standard InChI is InChI=1S/C9H13NO3/c10-8(9(12)13)7-4-2-1-3-6(7)5-11/h7-8H,1-4,10H2,(H,12,13). The number of nitrogens with two attached hydrogens (primary N) is 1. The van der Waals surface area contributed by atoms with Crippen molar-refractivity contribution in [3.8, 4) is 0 Å². The summed E-state index contributed by atoms with van der Waals surface area (Å²) >= 11 is 0. The number of carbonyl (C=O) groups is 1. The number of rotatable bonds is 2. The lowest BCUT2D eigenvalue weighted by atomic mass is 9.80. The first kappa shape index (κ1) is 9.96. The molecule has 3 N–H and O–H groups in total. The molecule has 4 nitrogen and oxygen atoms in total. The summed E-state index contributed by atoms with van der Waals surface area (Å²) in [7, 11) is 0. The van der Waals surface area contributed by atoms with E-state index in [9.17, 15) is 9.59 Å². The minimum atomic E-state index is -1.04. The summed E-state index contributed by atoms with van der Waals surface area (Å²) in [6, 6.07) is -0.947. The van der Waals surface area contributed by atoms with Crippen molar-refractivity contribution in [2.45, 2.75) is 31.7 Å². The van der Waals surface area contributed by atoms with Crippen LogP contribution in [-0.2, 0) is 9.59 Å². The van der Waals surface area contributed by atoms with Crippen LogP contribution < -0.4 is 5.73 Å². The van der Waals surface area contributed by atoms with Gasteiger partial charge in [0.2, 0.25) is 0 Å². The van der Waals surface area contributed by atoms with Crippen LogP contribution in [0, 0.1) is 5.92 Å². The van der Waals surface area contributed by atoms with Gasteiger partial charge in [-0.05, 0) is 19.3 Å². The van der Waals surface area contributed by atoms with E-state index >= 15 is 0 Å². The van der Waals surface area contributed by atoms with Crippen molar-refractivity contribution >= 4 is 11.9 Å². The number of carbonyl (C=O) groups excluding carboxylic acids is 1. The van der Waals surface area contributed by atoms with Crippen molar-refractivity contribution in [3.63, 3.8) is 0 Å². The van der Waals surface area contributed by atoms with Gasteiger partial charge in [-0.25, -0.2) is 4.79 Å². The van der Waals surface area contributed by atoms with Crippen molar-refractivity contribution in [1.29, 1.82) is 0 Å². The van der Waals surface area contributed by atoms with E-state index in [1.54, 1.807) is 0 Å². The molecular weight excluding hydrogens is 170 g/mol. The first-order valence-electron chi connectivity index (χ1n) is 4.39. The molecule has 2 atom stereocenters. The number of aliphatic carboxylic acids is 1. The Bertz CT molecular complexity index is 256. The second-order valence-corrected chi connectivity index (χ2v) is 3.34. The zero-order chi connectivity index (χ0) is 9.84. The van der Waals surface area contributed by atoms with Crippen molar-refractivity contribution in [2.75, 3.05) is 0 Å². The van der Waals surface area contributed by atoms with Crippen molar-refractivity contribution in [1.82, 2.24) is 0 Å². The smallest absolute Gasteiger partial charge is 0.321 e. The third kappa shape index (κ3) is 2.17. The van der Waals surface area contributed by atoms with E-state index in [4.69, 9.17) is 10.8 Å². The van der Waals surface area contributed by atoms with Gasteiger partial charge in [-0.1, -0.05) is 6.42 Å². The van der Waals surface area contributed by atoms with E-state index in [-0.39, 0.29) is 5.92 Å². The second kappa shape index (κ2) is 4.21. The van der Waals surface area contributed by atoms with Gasteiger partial charge in [-0.3, -0.25) is 4.79 Å². The Morgan fingerprint density at radius 1 is 1.62 bits per heavy atom. The molecule has 0 amide bonds. The Labute approximate surface area is 76.4 Å². The van der Waals surface area contributed by atoms with Crippen molar-refractivity contribution < 1.29 is 14.7 Å². The van der Waals surface area contributed by atoms with Gasteiger partial charge in [0.25, 0.3) is 0 Å². The third-order valence-electron chi connectivity index (χ3n) is 2.51. The lowest BCUT2D eigenvalue weighted by Crippen LogP contribution is -2.40. The van der Waals surface area contributed by atoms with Crippen molar-refractivity contribution in [3.05, 3.63) is 5.57 Å². The summed E-state index contributed by atoms with van der Waals surface area (Å²) in [5.74, 6) is 0.469. The molecule has 2 unspecified atom stereocenters. The highest BCUT2D eigenvalue weighted by Crippen LogP contribution is 2.29. The van der Waals surface area contributed by atoms with Gasteiger partial charge >= 0.3 is 5.97 Å². The number of hydrogen-bond acceptors (Lipinski definition) is 3. The van der Waals surface area contributed by atoms with E-state index in [1.165, 1.54) is 0 Å². The Kier molecular flexibility index (Phi) is 3.23. The molecule has 0 aliphatic heterocycles. The summed E-state index contributed by atoms with van der Waals surface area (Å²) in [6.07, 6.45) is 3.22. The molecular formula is C9H13NO3. The maximum Gasteiger partial charge on any atom is 0.321 e. The largest absolute Gasteiger partial charge is 0.480 e. The minimum Gasteiger partial charge on any atom is -0.480 e. The predicted octanol–water partition coefficient (Wildman–Crippen LogP) is 0.346. The molecule has 0 saturated heterocycles. The fourth-order valence-electron chi connectivity index (χ4n) is 1.73. The zero-order valence-electron chi connectivity index (χ0n) is 7.32. The maximum atomic E-state index is 10.6. The van der Waals surface area contributed by atoms with Crippen LogP contribution in [0.2, 0.25) is 0 Å². The molecule has 0 aromatic rings. The quantitative estimate of drug-likeness (QED) is 0.605. The van der Waals surface area contributed by atoms with E-state index in [0.717, 1.165) is 12.8 Å². The van der Waals surface area contributed by atoms with Crippen LogP contribution in [0.15, 0.2) is 5.57 Å². The van der Waals surface area contributed by atoms with Crippen LogP contribution in [0.25, 0.3) is 0 Å². The van der Waals surface area contributed by atoms with E-state index in [2.05, 4.69) is 0 Å². The van der Waals surface area contributed by atoms with E-state index in [1.807, 2.05) is 5.94 Å². The summed E-state index contributed by atoms with van der Waals surface area (Å²) in [6.45, 7) is 0. The summed E-state index contributed by atoms with van der Waals surface area (Å²) in [4.78, 5) is 21.1. The predicted molar refractivity (Wildman–Crippen MR) is 46.8 cm³/mol. The third-order valence-corrected chi connectivity index (χ3v) is 2.51. The minimum absolute atomic E-state index is 0.302. The van der Waals surface area contributed by atoms with Gasteiger partial charge in [-0.15, -0.1) is 0 Å². The zero-order valence-corrected chi connectivity index (χ0v) is 7.32. The molecule has 13 heavy (non-hydrogen) atoms. The van der Waals surface area contributed by atoms with E-state index in [0.29, 0.717) is 18.4 Å². The molecule has 1 saturated carbocycles. The molecule has 0 bridgehead atoms. The van der Waals surface area contributed by atoms with Crippen LogP contribution >= 0.6 is 0 Å². The van der Waals surface area contributed by atoms with Gasteiger partial charge in [-0.2, -0.15) is 0 Å². The Hall–Kier alpha value is -1.12. The highest BCUT2D eigenvalue weighted by atomic mass is 16.4. The molecule has 1 aliphatic carbocycles. The highest BCUT2D eigenvalue weighted by Gasteiger charge is 2.30. The lowest BCUT2D eigenvalue weighted by Gasteiger charge is -2.25. The second-order valence-electron chi connectivity index (χ2n) is 3.34. The first-order valence-corrected chi connectivity index (χ1v) is 4.39. The molecule has 0 aromatic carbocycles. The summed E-state index contributed by atoms with van der Waals surface area (Å²) in [5, 5.41) is 8.68. The topological polar surface area (TPSA) is 80.4 Å². The van der Waals surface area contributed by atoms with Gasteiger partial charge in [0.1, 0.15) is 12.0 Å². The molecule has 1 fully saturated rings. The Morgan fingerprint density at radius 2 is 2.31 bits per heavy atom. The molecule has 72 valence electrons. The average molecular weight is 183 g/mol. The number of carboxylic acids is 1. The summed E-state index contributed by atoms with van der Waals surface area (Å²) in [5.41, 5.74) is 6.00. The fourth-order valence-corrected chi connectivity index (χ4v) is 1.73.